The number of rotatable bonds is 5. The predicted octanol–water partition coefficient (Wildman–Crippen LogP) is 5.51. The van der Waals surface area contributed by atoms with Gasteiger partial charge in [-0.25, -0.2) is 5.43 Å². The molecule has 31 heavy (non-hydrogen) atoms. The van der Waals surface area contributed by atoms with Gasteiger partial charge in [-0.15, -0.1) is 0 Å². The number of hydrazone groups is 1. The van der Waals surface area contributed by atoms with E-state index < -0.39 is 17.6 Å². The summed E-state index contributed by atoms with van der Waals surface area (Å²) < 4.78 is 38.4. The first-order chi connectivity index (χ1) is 14.5. The quantitative estimate of drug-likeness (QED) is 0.501. The molecule has 0 bridgehead atoms. The number of carbonyl (C=O) groups excluding carboxylic acids is 1. The monoisotopic (exact) mass is 431 g/mol. The van der Waals surface area contributed by atoms with E-state index in [4.69, 9.17) is 0 Å². The van der Waals surface area contributed by atoms with Crippen LogP contribution in [0.5, 0.6) is 0 Å². The molecule has 166 valence electrons. The van der Waals surface area contributed by atoms with Crippen LogP contribution in [0, 0.1) is 0 Å². The molecule has 1 unspecified atom stereocenters. The van der Waals surface area contributed by atoms with Crippen LogP contribution in [0.15, 0.2) is 47.6 Å². The van der Waals surface area contributed by atoms with Crippen LogP contribution in [0.4, 0.5) is 18.9 Å². The van der Waals surface area contributed by atoms with E-state index in [1.54, 1.807) is 6.21 Å². The maximum Gasteiger partial charge on any atom is 0.416 e. The lowest BCUT2D eigenvalue weighted by molar-refractivity contribution is -0.137. The van der Waals surface area contributed by atoms with Crippen molar-refractivity contribution in [3.63, 3.8) is 0 Å². The number of nitrogens with zero attached hydrogens (tertiary/aromatic N) is 2. The Morgan fingerprint density at radius 1 is 1.26 bits per heavy atom. The number of hydrogen-bond acceptors (Lipinski definition) is 3. The van der Waals surface area contributed by atoms with Crippen LogP contribution in [0.3, 0.4) is 0 Å². The maximum atomic E-state index is 12.8. The molecule has 1 N–H and O–H groups in total. The normalized spacial score (nSPS) is 18.2. The van der Waals surface area contributed by atoms with Crippen molar-refractivity contribution < 1.29 is 18.0 Å². The van der Waals surface area contributed by atoms with Crippen LogP contribution in [0.2, 0.25) is 0 Å². The number of halogens is 3. The molecule has 4 nitrogen and oxygen atoms in total. The summed E-state index contributed by atoms with van der Waals surface area (Å²) in [6.45, 7) is 9.80. The summed E-state index contributed by atoms with van der Waals surface area (Å²) in [5, 5.41) is 3.99. The third-order valence-corrected chi connectivity index (χ3v) is 5.75. The van der Waals surface area contributed by atoms with Gasteiger partial charge in [0.05, 0.1) is 18.2 Å². The second kappa shape index (κ2) is 8.73. The van der Waals surface area contributed by atoms with Gasteiger partial charge in [0.15, 0.2) is 0 Å². The number of benzene rings is 2. The molecule has 0 saturated carbocycles. The Bertz CT molecular complexity index is 982. The number of fused-ring (bicyclic) bond motifs is 1. The Kier molecular flexibility index (Phi) is 6.43. The highest BCUT2D eigenvalue weighted by Gasteiger charge is 2.35. The number of nitrogens with one attached hydrogen (secondary N) is 1. The average Bonchev–Trinajstić information content (AvgIpc) is 2.67. The molecular weight excluding hydrogens is 403 g/mol. The first-order valence-electron chi connectivity index (χ1n) is 10.4. The Morgan fingerprint density at radius 3 is 2.68 bits per heavy atom. The number of hydrogen-bond donors (Lipinski definition) is 1. The summed E-state index contributed by atoms with van der Waals surface area (Å²) in [6.07, 6.45) is -2.00. The van der Waals surface area contributed by atoms with Gasteiger partial charge < -0.3 is 4.90 Å². The largest absolute Gasteiger partial charge is 0.416 e. The lowest BCUT2D eigenvalue weighted by Gasteiger charge is -2.47. The zero-order valence-corrected chi connectivity index (χ0v) is 18.3. The number of alkyl halides is 3. The van der Waals surface area contributed by atoms with E-state index >= 15 is 0 Å². The Morgan fingerprint density at radius 2 is 2.00 bits per heavy atom. The van der Waals surface area contributed by atoms with E-state index in [9.17, 15) is 18.0 Å². The van der Waals surface area contributed by atoms with Gasteiger partial charge in [0.2, 0.25) is 5.91 Å². The average molecular weight is 432 g/mol. The Labute approximate surface area is 181 Å². The van der Waals surface area contributed by atoms with Crippen molar-refractivity contribution in [1.29, 1.82) is 0 Å². The summed E-state index contributed by atoms with van der Waals surface area (Å²) in [6, 6.07) is 10.9. The van der Waals surface area contributed by atoms with Crippen molar-refractivity contribution in [3.05, 3.63) is 64.7 Å². The molecule has 1 atom stereocenters. The summed E-state index contributed by atoms with van der Waals surface area (Å²) in [5.41, 5.74) is 5.34. The zero-order chi connectivity index (χ0) is 22.8. The molecule has 0 spiro atoms. The highest BCUT2D eigenvalue weighted by Crippen LogP contribution is 2.43. The molecule has 2 aromatic carbocycles. The van der Waals surface area contributed by atoms with Gasteiger partial charge in [-0.2, -0.15) is 18.3 Å². The molecule has 0 saturated heterocycles. The van der Waals surface area contributed by atoms with Gasteiger partial charge in [-0.05, 0) is 68.0 Å². The molecule has 7 heteroatoms. The van der Waals surface area contributed by atoms with Crippen LogP contribution < -0.4 is 10.3 Å². The summed E-state index contributed by atoms with van der Waals surface area (Å²) >= 11 is 0. The molecule has 1 aliphatic rings. The van der Waals surface area contributed by atoms with Crippen molar-refractivity contribution >= 4 is 17.8 Å². The molecule has 3 rings (SSSR count). The highest BCUT2D eigenvalue weighted by molar-refractivity contribution is 5.84. The van der Waals surface area contributed by atoms with Gasteiger partial charge in [-0.3, -0.25) is 4.79 Å². The van der Waals surface area contributed by atoms with Crippen molar-refractivity contribution in [2.45, 2.75) is 58.2 Å². The van der Waals surface area contributed by atoms with E-state index in [0.717, 1.165) is 30.7 Å². The smallest absolute Gasteiger partial charge is 0.366 e. The molecule has 0 aliphatic carbocycles. The van der Waals surface area contributed by atoms with Gasteiger partial charge in [0.25, 0.3) is 0 Å². The lowest BCUT2D eigenvalue weighted by atomic mass is 9.79. The molecule has 1 amide bonds. The second-order valence-corrected chi connectivity index (χ2v) is 8.65. The minimum atomic E-state index is -4.43. The lowest BCUT2D eigenvalue weighted by Crippen LogP contribution is -2.48. The van der Waals surface area contributed by atoms with Crippen LogP contribution >= 0.6 is 0 Å². The summed E-state index contributed by atoms with van der Waals surface area (Å²) in [5.74, 6) is -0.0718. The molecule has 0 aromatic heterocycles. The minimum absolute atomic E-state index is 0.0914. The number of amides is 1. The molecule has 0 fully saturated rings. The zero-order valence-electron chi connectivity index (χ0n) is 18.3. The van der Waals surface area contributed by atoms with Gasteiger partial charge in [0, 0.05) is 17.8 Å². The fourth-order valence-corrected chi connectivity index (χ4v) is 4.45. The van der Waals surface area contributed by atoms with E-state index in [2.05, 4.69) is 55.3 Å². The number of anilines is 1. The summed E-state index contributed by atoms with van der Waals surface area (Å²) in [7, 11) is 0. The van der Waals surface area contributed by atoms with Gasteiger partial charge in [0.1, 0.15) is 0 Å². The van der Waals surface area contributed by atoms with Gasteiger partial charge in [-0.1, -0.05) is 31.2 Å². The van der Waals surface area contributed by atoms with Crippen molar-refractivity contribution in [2.24, 2.45) is 5.10 Å². The SMILES string of the molecule is CCN1c2ccc(/C=N\NC(=O)Cc3cccc(C(F)(F)F)c3)cc2C(C)CC1(C)C. The topological polar surface area (TPSA) is 44.7 Å². The third-order valence-electron chi connectivity index (χ3n) is 5.75. The van der Waals surface area contributed by atoms with E-state index in [1.807, 2.05) is 6.07 Å². The second-order valence-electron chi connectivity index (χ2n) is 8.65. The molecule has 1 aliphatic heterocycles. The molecular formula is C24H28F3N3O. The molecule has 2 aromatic rings. The first kappa shape index (κ1) is 22.8. The first-order valence-corrected chi connectivity index (χ1v) is 10.4. The van der Waals surface area contributed by atoms with E-state index in [-0.39, 0.29) is 17.5 Å². The van der Waals surface area contributed by atoms with Gasteiger partial charge >= 0.3 is 6.18 Å². The minimum Gasteiger partial charge on any atom is -0.366 e. The fraction of sp³-hybridized carbons (Fsp3) is 0.417. The molecule has 0 radical (unpaired) electrons. The third kappa shape index (κ3) is 5.27. The van der Waals surface area contributed by atoms with Crippen molar-refractivity contribution in [1.82, 2.24) is 5.43 Å². The van der Waals surface area contributed by atoms with Crippen molar-refractivity contribution in [3.8, 4) is 0 Å². The summed E-state index contributed by atoms with van der Waals surface area (Å²) in [4.78, 5) is 14.5. The standard InChI is InChI=1S/C24H28F3N3O/c1-5-30-21-10-9-18(12-20(21)16(2)14-23(30,3)4)15-28-29-22(31)13-17-7-6-8-19(11-17)24(25,26)27/h6-12,15-16H,5,13-14H2,1-4H3,(H,29,31)/b28-15-. The van der Waals surface area contributed by atoms with E-state index in [0.29, 0.717) is 5.92 Å². The van der Waals surface area contributed by atoms with Crippen LogP contribution in [0.25, 0.3) is 0 Å². The number of carbonyl (C=O) groups is 1. The van der Waals surface area contributed by atoms with Crippen LogP contribution in [-0.2, 0) is 17.4 Å². The highest BCUT2D eigenvalue weighted by atomic mass is 19.4. The predicted molar refractivity (Wildman–Crippen MR) is 117 cm³/mol. The van der Waals surface area contributed by atoms with E-state index in [1.165, 1.54) is 23.4 Å². The Balaban J connectivity index is 1.67. The van der Waals surface area contributed by atoms with Crippen LogP contribution in [0.1, 0.15) is 62.3 Å². The fourth-order valence-electron chi connectivity index (χ4n) is 4.45. The van der Waals surface area contributed by atoms with Crippen molar-refractivity contribution in [2.75, 3.05) is 11.4 Å². The van der Waals surface area contributed by atoms with Crippen LogP contribution in [-0.4, -0.2) is 24.2 Å². The molecule has 1 heterocycles. The maximum absolute atomic E-state index is 12.8. The Hall–Kier alpha value is -2.83.